The number of β-amino-alcohol motifs (C(OH)–C–C–N with tert-alkyl or cyclic N) is 1. The van der Waals surface area contributed by atoms with Crippen LogP contribution in [0.25, 0.3) is 0 Å². The monoisotopic (exact) mass is 273 g/mol. The number of rotatable bonds is 2. The largest absolute Gasteiger partial charge is 0.479 e. The van der Waals surface area contributed by atoms with Crippen LogP contribution < -0.4 is 0 Å². The second-order valence-corrected chi connectivity index (χ2v) is 5.67. The molecule has 0 saturated carbocycles. The maximum absolute atomic E-state index is 12.0. The second-order valence-electron chi connectivity index (χ2n) is 5.67. The molecule has 1 fully saturated rings. The molecule has 0 bridgehead atoms. The molecular formula is C12H19NO6. The van der Waals surface area contributed by atoms with Crippen molar-refractivity contribution in [3.63, 3.8) is 0 Å². The molecule has 19 heavy (non-hydrogen) atoms. The van der Waals surface area contributed by atoms with E-state index in [-0.39, 0.29) is 13.0 Å². The first-order valence-electron chi connectivity index (χ1n) is 5.94. The van der Waals surface area contributed by atoms with Crippen molar-refractivity contribution in [3.05, 3.63) is 0 Å². The third-order valence-corrected chi connectivity index (χ3v) is 2.94. The Hall–Kier alpha value is -1.63. The van der Waals surface area contributed by atoms with Gasteiger partial charge in [-0.05, 0) is 27.7 Å². The van der Waals surface area contributed by atoms with E-state index in [4.69, 9.17) is 4.74 Å². The topological polar surface area (TPSA) is 104 Å². The van der Waals surface area contributed by atoms with E-state index in [9.17, 15) is 24.6 Å². The molecule has 2 N–H and O–H groups in total. The highest BCUT2D eigenvalue weighted by Gasteiger charge is 2.58. The quantitative estimate of drug-likeness (QED) is 0.706. The summed E-state index contributed by atoms with van der Waals surface area (Å²) in [6.45, 7) is 5.75. The van der Waals surface area contributed by atoms with Crippen LogP contribution in [0.1, 0.15) is 34.1 Å². The Morgan fingerprint density at radius 2 is 1.84 bits per heavy atom. The van der Waals surface area contributed by atoms with E-state index < -0.39 is 35.1 Å². The number of carbonyl (C=O) groups excluding carboxylic acids is 2. The van der Waals surface area contributed by atoms with E-state index in [1.807, 2.05) is 0 Å². The number of likely N-dealkylation sites (tertiary alicyclic amines) is 1. The number of aliphatic hydroxyl groups is 1. The van der Waals surface area contributed by atoms with Crippen LogP contribution >= 0.6 is 0 Å². The Kier molecular flexibility index (Phi) is 3.90. The number of carboxylic acid groups (broad SMARTS) is 1. The number of aliphatic hydroxyl groups excluding tert-OH is 1. The van der Waals surface area contributed by atoms with Gasteiger partial charge in [0.15, 0.2) is 5.78 Å². The molecule has 1 aliphatic heterocycles. The van der Waals surface area contributed by atoms with E-state index in [1.165, 1.54) is 0 Å². The fourth-order valence-electron chi connectivity index (χ4n) is 2.12. The number of hydrogen-bond donors (Lipinski definition) is 2. The lowest BCUT2D eigenvalue weighted by Gasteiger charge is -2.33. The molecule has 0 spiro atoms. The average molecular weight is 273 g/mol. The number of ether oxygens (including phenoxy) is 1. The van der Waals surface area contributed by atoms with Crippen LogP contribution in [0.4, 0.5) is 4.79 Å². The molecule has 1 amide bonds. The smallest absolute Gasteiger partial charge is 0.411 e. The lowest BCUT2D eigenvalue weighted by atomic mass is 9.91. The van der Waals surface area contributed by atoms with E-state index in [1.54, 1.807) is 20.8 Å². The molecule has 7 nitrogen and oxygen atoms in total. The number of nitrogens with zero attached hydrogens (tertiary/aromatic N) is 1. The first-order chi connectivity index (χ1) is 8.50. The Bertz CT molecular complexity index is 397. The van der Waals surface area contributed by atoms with Crippen molar-refractivity contribution in [1.82, 2.24) is 4.90 Å². The lowest BCUT2D eigenvalue weighted by Crippen LogP contribution is -2.58. The van der Waals surface area contributed by atoms with Gasteiger partial charge in [0.2, 0.25) is 5.54 Å². The number of ketones is 1. The molecular weight excluding hydrogens is 254 g/mol. The van der Waals surface area contributed by atoms with Crippen LogP contribution in [0, 0.1) is 0 Å². The highest BCUT2D eigenvalue weighted by Crippen LogP contribution is 2.32. The molecule has 7 heteroatoms. The first-order valence-corrected chi connectivity index (χ1v) is 5.94. The predicted octanol–water partition coefficient (Wildman–Crippen LogP) is 0.400. The number of hydrogen-bond acceptors (Lipinski definition) is 5. The molecule has 0 aromatic heterocycles. The maximum atomic E-state index is 12.0. The fraction of sp³-hybridized carbons (Fsp3) is 0.750. The minimum Gasteiger partial charge on any atom is -0.479 e. The van der Waals surface area contributed by atoms with Crippen LogP contribution in [-0.2, 0) is 14.3 Å². The zero-order chi connectivity index (χ0) is 15.0. The minimum absolute atomic E-state index is 0.235. The van der Waals surface area contributed by atoms with Gasteiger partial charge in [-0.25, -0.2) is 9.59 Å². The van der Waals surface area contributed by atoms with Crippen molar-refractivity contribution in [2.45, 2.75) is 51.4 Å². The van der Waals surface area contributed by atoms with Gasteiger partial charge in [-0.15, -0.1) is 0 Å². The summed E-state index contributed by atoms with van der Waals surface area (Å²) >= 11 is 0. The summed E-state index contributed by atoms with van der Waals surface area (Å²) in [5.41, 5.74) is -2.85. The number of carboxylic acids is 1. The molecule has 0 radical (unpaired) electrons. The normalized spacial score (nSPS) is 27.2. The fourth-order valence-corrected chi connectivity index (χ4v) is 2.12. The molecule has 1 saturated heterocycles. The third-order valence-electron chi connectivity index (χ3n) is 2.94. The molecule has 1 aliphatic rings. The molecule has 1 rings (SSSR count). The van der Waals surface area contributed by atoms with Crippen molar-refractivity contribution in [2.75, 3.05) is 6.54 Å². The van der Waals surface area contributed by atoms with Gasteiger partial charge in [0.05, 0.1) is 12.6 Å². The second kappa shape index (κ2) is 4.80. The third kappa shape index (κ3) is 2.86. The van der Waals surface area contributed by atoms with Gasteiger partial charge in [-0.3, -0.25) is 9.69 Å². The molecule has 108 valence electrons. The average Bonchev–Trinajstić information content (AvgIpc) is 2.54. The Balaban J connectivity index is 3.12. The van der Waals surface area contributed by atoms with Crippen LogP contribution in [0.2, 0.25) is 0 Å². The molecule has 0 aliphatic carbocycles. The minimum atomic E-state index is -2.04. The van der Waals surface area contributed by atoms with Gasteiger partial charge in [0.25, 0.3) is 0 Å². The van der Waals surface area contributed by atoms with E-state index in [0.717, 1.165) is 11.8 Å². The van der Waals surface area contributed by atoms with E-state index in [0.29, 0.717) is 0 Å². The van der Waals surface area contributed by atoms with E-state index in [2.05, 4.69) is 0 Å². The Labute approximate surface area is 111 Å². The Morgan fingerprint density at radius 1 is 1.32 bits per heavy atom. The number of amides is 1. The van der Waals surface area contributed by atoms with Gasteiger partial charge in [-0.2, -0.15) is 0 Å². The van der Waals surface area contributed by atoms with Crippen molar-refractivity contribution < 1.29 is 29.3 Å². The molecule has 0 aromatic rings. The van der Waals surface area contributed by atoms with E-state index >= 15 is 0 Å². The number of carbonyl (C=O) groups is 3. The highest BCUT2D eigenvalue weighted by molar-refractivity contribution is 6.09. The van der Waals surface area contributed by atoms with Gasteiger partial charge in [0, 0.05) is 6.42 Å². The number of aliphatic carboxylic acids is 1. The molecule has 1 heterocycles. The summed E-state index contributed by atoms with van der Waals surface area (Å²) < 4.78 is 5.09. The number of Topliss-reactive ketones (excluding diaryl/α,β-unsaturated/α-hetero) is 1. The predicted molar refractivity (Wildman–Crippen MR) is 64.6 cm³/mol. The molecule has 0 unspecified atom stereocenters. The van der Waals surface area contributed by atoms with Crippen LogP contribution in [0.5, 0.6) is 0 Å². The zero-order valence-corrected chi connectivity index (χ0v) is 11.5. The van der Waals surface area contributed by atoms with Crippen molar-refractivity contribution in [3.8, 4) is 0 Å². The highest BCUT2D eigenvalue weighted by atomic mass is 16.6. The zero-order valence-electron chi connectivity index (χ0n) is 11.5. The van der Waals surface area contributed by atoms with Crippen molar-refractivity contribution in [1.29, 1.82) is 0 Å². The maximum Gasteiger partial charge on any atom is 0.411 e. The summed E-state index contributed by atoms with van der Waals surface area (Å²) in [7, 11) is 0. The summed E-state index contributed by atoms with van der Waals surface area (Å²) in [4.78, 5) is 35.9. The lowest BCUT2D eigenvalue weighted by molar-refractivity contribution is -0.154. The van der Waals surface area contributed by atoms with Gasteiger partial charge < -0.3 is 14.9 Å². The van der Waals surface area contributed by atoms with Gasteiger partial charge in [0.1, 0.15) is 5.60 Å². The molecule has 2 atom stereocenters. The van der Waals surface area contributed by atoms with Crippen LogP contribution in [0.3, 0.4) is 0 Å². The SMILES string of the molecule is CC(=O)[C@]1(C(=O)O)C[C@H](O)CN1C(=O)OC(C)(C)C. The summed E-state index contributed by atoms with van der Waals surface area (Å²) in [5, 5.41) is 18.9. The molecule has 0 aromatic carbocycles. The first kappa shape index (κ1) is 15.4. The van der Waals surface area contributed by atoms with Crippen LogP contribution in [-0.4, -0.2) is 56.7 Å². The van der Waals surface area contributed by atoms with Gasteiger partial charge in [-0.1, -0.05) is 0 Å². The van der Waals surface area contributed by atoms with Crippen LogP contribution in [0.15, 0.2) is 0 Å². The van der Waals surface area contributed by atoms with Gasteiger partial charge >= 0.3 is 12.1 Å². The van der Waals surface area contributed by atoms with Crippen molar-refractivity contribution >= 4 is 17.8 Å². The summed E-state index contributed by atoms with van der Waals surface area (Å²) in [5.74, 6) is -2.16. The summed E-state index contributed by atoms with van der Waals surface area (Å²) in [6.07, 6.45) is -2.30. The van der Waals surface area contributed by atoms with Crippen molar-refractivity contribution in [2.24, 2.45) is 0 Å². The Morgan fingerprint density at radius 3 is 2.21 bits per heavy atom. The standard InChI is InChI=1S/C12H19NO6/c1-7(14)12(9(16)17)5-8(15)6-13(12)10(18)19-11(2,3)4/h8,15H,5-6H2,1-4H3,(H,16,17)/t8-,12-/m0/s1. The summed E-state index contributed by atoms with van der Waals surface area (Å²) in [6, 6.07) is 0.